The predicted octanol–water partition coefficient (Wildman–Crippen LogP) is 4.02. The number of halogens is 1. The molecule has 0 atom stereocenters. The molecule has 2 heterocycles. The number of ether oxygens (including phenoxy) is 1. The molecule has 108 valence electrons. The van der Waals surface area contributed by atoms with E-state index in [0.717, 1.165) is 10.4 Å². The third kappa shape index (κ3) is 2.59. The van der Waals surface area contributed by atoms with Crippen LogP contribution < -0.4 is 10.5 Å². The maximum atomic E-state index is 5.95. The summed E-state index contributed by atoms with van der Waals surface area (Å²) in [5, 5.41) is 5.23. The lowest BCUT2D eigenvalue weighted by Crippen LogP contribution is -1.89. The molecular weight excluding hydrogens is 310 g/mol. The molecule has 3 rings (SSSR count). The smallest absolute Gasteiger partial charge is 0.261 e. The standard InChI is InChI=1S/C14H12ClN3O2S/c1-7-5-10(12(16)21-7)14-17-13(18-20-14)9-4-3-8(15)6-11(9)19-2/h3-6H,16H2,1-2H3. The van der Waals surface area contributed by atoms with Gasteiger partial charge in [-0.15, -0.1) is 11.3 Å². The fourth-order valence-corrected chi connectivity index (χ4v) is 2.93. The van der Waals surface area contributed by atoms with Crippen molar-refractivity contribution in [2.24, 2.45) is 0 Å². The van der Waals surface area contributed by atoms with Gasteiger partial charge in [-0.25, -0.2) is 0 Å². The molecule has 7 heteroatoms. The van der Waals surface area contributed by atoms with Crippen LogP contribution in [0.5, 0.6) is 5.75 Å². The van der Waals surface area contributed by atoms with Crippen LogP contribution in [0.4, 0.5) is 5.00 Å². The molecule has 0 fully saturated rings. The fraction of sp³-hybridized carbons (Fsp3) is 0.143. The van der Waals surface area contributed by atoms with E-state index in [0.29, 0.717) is 33.1 Å². The van der Waals surface area contributed by atoms with E-state index in [9.17, 15) is 0 Å². The second-order valence-corrected chi connectivity index (χ2v) is 6.13. The number of thiophene rings is 1. The minimum absolute atomic E-state index is 0.392. The number of anilines is 1. The van der Waals surface area contributed by atoms with Crippen molar-refractivity contribution in [3.63, 3.8) is 0 Å². The highest BCUT2D eigenvalue weighted by atomic mass is 35.5. The predicted molar refractivity (Wildman–Crippen MR) is 83.8 cm³/mol. The number of aromatic nitrogens is 2. The molecule has 0 saturated carbocycles. The third-order valence-corrected chi connectivity index (χ3v) is 4.06. The van der Waals surface area contributed by atoms with Crippen molar-refractivity contribution < 1.29 is 9.26 Å². The van der Waals surface area contributed by atoms with Gasteiger partial charge in [0.2, 0.25) is 5.82 Å². The summed E-state index contributed by atoms with van der Waals surface area (Å²) in [6.45, 7) is 1.98. The Balaban J connectivity index is 2.04. The SMILES string of the molecule is COc1cc(Cl)ccc1-c1noc(-c2cc(C)sc2N)n1. The second-order valence-electron chi connectivity index (χ2n) is 4.40. The van der Waals surface area contributed by atoms with Crippen LogP contribution in [-0.2, 0) is 0 Å². The highest BCUT2D eigenvalue weighted by molar-refractivity contribution is 7.16. The first kappa shape index (κ1) is 13.9. The number of nitrogens with two attached hydrogens (primary N) is 1. The van der Waals surface area contributed by atoms with Crippen LogP contribution in [0.15, 0.2) is 28.8 Å². The lowest BCUT2D eigenvalue weighted by atomic mass is 10.2. The molecule has 0 aliphatic heterocycles. The van der Waals surface area contributed by atoms with Crippen molar-refractivity contribution in [2.75, 3.05) is 12.8 Å². The lowest BCUT2D eigenvalue weighted by Gasteiger charge is -2.04. The van der Waals surface area contributed by atoms with E-state index in [1.54, 1.807) is 25.3 Å². The minimum Gasteiger partial charge on any atom is -0.496 e. The molecule has 0 aliphatic rings. The van der Waals surface area contributed by atoms with Crippen molar-refractivity contribution in [3.05, 3.63) is 34.2 Å². The number of rotatable bonds is 3. The van der Waals surface area contributed by atoms with Crippen LogP contribution in [0.25, 0.3) is 22.8 Å². The number of methoxy groups -OCH3 is 1. The number of nitrogen functional groups attached to an aromatic ring is 1. The molecule has 5 nitrogen and oxygen atoms in total. The number of hydrogen-bond acceptors (Lipinski definition) is 6. The van der Waals surface area contributed by atoms with Crippen molar-refractivity contribution in [1.82, 2.24) is 10.1 Å². The van der Waals surface area contributed by atoms with Crippen LogP contribution in [0.1, 0.15) is 4.88 Å². The Labute approximate surface area is 130 Å². The summed E-state index contributed by atoms with van der Waals surface area (Å²) >= 11 is 7.43. The number of hydrogen-bond donors (Lipinski definition) is 1. The summed E-state index contributed by atoms with van der Waals surface area (Å²) in [6.07, 6.45) is 0. The average Bonchev–Trinajstić information content (AvgIpc) is 3.05. The summed E-state index contributed by atoms with van der Waals surface area (Å²) in [5.41, 5.74) is 7.41. The van der Waals surface area contributed by atoms with Crippen LogP contribution in [0, 0.1) is 6.92 Å². The highest BCUT2D eigenvalue weighted by Gasteiger charge is 2.17. The van der Waals surface area contributed by atoms with Gasteiger partial charge in [0.25, 0.3) is 5.89 Å². The third-order valence-electron chi connectivity index (χ3n) is 2.94. The molecule has 0 aliphatic carbocycles. The van der Waals surface area contributed by atoms with E-state index >= 15 is 0 Å². The normalized spacial score (nSPS) is 10.8. The van der Waals surface area contributed by atoms with E-state index in [4.69, 9.17) is 26.6 Å². The van der Waals surface area contributed by atoms with Crippen molar-refractivity contribution in [1.29, 1.82) is 0 Å². The molecule has 0 bridgehead atoms. The van der Waals surface area contributed by atoms with E-state index in [1.165, 1.54) is 11.3 Å². The second kappa shape index (κ2) is 5.38. The molecular formula is C14H12ClN3O2S. The van der Waals surface area contributed by atoms with Crippen LogP contribution in [0.2, 0.25) is 5.02 Å². The number of aryl methyl sites for hydroxylation is 1. The molecule has 1 aromatic carbocycles. The summed E-state index contributed by atoms with van der Waals surface area (Å²) < 4.78 is 10.6. The Morgan fingerprint density at radius 1 is 1.29 bits per heavy atom. The van der Waals surface area contributed by atoms with Crippen LogP contribution >= 0.6 is 22.9 Å². The van der Waals surface area contributed by atoms with Crippen LogP contribution in [-0.4, -0.2) is 17.3 Å². The highest BCUT2D eigenvalue weighted by Crippen LogP contribution is 2.35. The molecule has 21 heavy (non-hydrogen) atoms. The Morgan fingerprint density at radius 3 is 2.76 bits per heavy atom. The Hall–Kier alpha value is -2.05. The van der Waals surface area contributed by atoms with E-state index in [1.807, 2.05) is 13.0 Å². The van der Waals surface area contributed by atoms with Gasteiger partial charge in [0, 0.05) is 9.90 Å². The lowest BCUT2D eigenvalue weighted by molar-refractivity contribution is 0.413. The van der Waals surface area contributed by atoms with Gasteiger partial charge in [0.1, 0.15) is 5.75 Å². The Kier molecular flexibility index (Phi) is 3.57. The first-order valence-electron chi connectivity index (χ1n) is 6.12. The maximum Gasteiger partial charge on any atom is 0.261 e. The van der Waals surface area contributed by atoms with Gasteiger partial charge in [0.05, 0.1) is 23.2 Å². The largest absolute Gasteiger partial charge is 0.496 e. The zero-order chi connectivity index (χ0) is 15.0. The fourth-order valence-electron chi connectivity index (χ4n) is 1.99. The summed E-state index contributed by atoms with van der Waals surface area (Å²) in [7, 11) is 1.57. The van der Waals surface area contributed by atoms with Crippen LogP contribution in [0.3, 0.4) is 0 Å². The molecule has 2 aromatic heterocycles. The molecule has 0 unspecified atom stereocenters. The van der Waals surface area contributed by atoms with Crippen molar-refractivity contribution in [2.45, 2.75) is 6.92 Å². The first-order valence-corrected chi connectivity index (χ1v) is 7.32. The topological polar surface area (TPSA) is 74.2 Å². The van der Waals surface area contributed by atoms with E-state index in [2.05, 4.69) is 10.1 Å². The Morgan fingerprint density at radius 2 is 2.10 bits per heavy atom. The van der Waals surface area contributed by atoms with Gasteiger partial charge in [-0.2, -0.15) is 4.98 Å². The van der Waals surface area contributed by atoms with Gasteiger partial charge < -0.3 is 15.0 Å². The van der Waals surface area contributed by atoms with E-state index < -0.39 is 0 Å². The maximum absolute atomic E-state index is 5.95. The molecule has 0 amide bonds. The first-order chi connectivity index (χ1) is 10.1. The van der Waals surface area contributed by atoms with Gasteiger partial charge in [-0.05, 0) is 31.2 Å². The zero-order valence-electron chi connectivity index (χ0n) is 11.4. The monoisotopic (exact) mass is 321 g/mol. The van der Waals surface area contributed by atoms with Gasteiger partial charge in [-0.3, -0.25) is 0 Å². The minimum atomic E-state index is 0.392. The molecule has 0 spiro atoms. The molecule has 2 N–H and O–H groups in total. The quantitative estimate of drug-likeness (QED) is 0.788. The van der Waals surface area contributed by atoms with Crippen molar-refractivity contribution >= 4 is 27.9 Å². The summed E-state index contributed by atoms with van der Waals surface area (Å²) in [5.74, 6) is 1.41. The van der Waals surface area contributed by atoms with E-state index in [-0.39, 0.29) is 0 Å². The summed E-state index contributed by atoms with van der Waals surface area (Å²) in [6, 6.07) is 7.17. The molecule has 0 saturated heterocycles. The average molecular weight is 322 g/mol. The Bertz CT molecular complexity index is 797. The molecule has 3 aromatic rings. The summed E-state index contributed by atoms with van der Waals surface area (Å²) in [4.78, 5) is 5.48. The van der Waals surface area contributed by atoms with Gasteiger partial charge in [0.15, 0.2) is 0 Å². The van der Waals surface area contributed by atoms with Gasteiger partial charge in [-0.1, -0.05) is 16.8 Å². The van der Waals surface area contributed by atoms with Crippen molar-refractivity contribution in [3.8, 4) is 28.6 Å². The van der Waals surface area contributed by atoms with Gasteiger partial charge >= 0.3 is 0 Å². The number of benzene rings is 1. The number of nitrogens with zero attached hydrogens (tertiary/aromatic N) is 2. The zero-order valence-corrected chi connectivity index (χ0v) is 13.0. The molecule has 0 radical (unpaired) electrons.